The van der Waals surface area contributed by atoms with E-state index < -0.39 is 0 Å². The van der Waals surface area contributed by atoms with E-state index in [0.29, 0.717) is 24.3 Å². The second-order valence-electron chi connectivity index (χ2n) is 23.0. The van der Waals surface area contributed by atoms with Crippen molar-refractivity contribution in [2.45, 2.75) is 102 Å². The van der Waals surface area contributed by atoms with Crippen LogP contribution in [0, 0.1) is 52.8 Å². The topological polar surface area (TPSA) is 74.2 Å². The number of hydrogen-bond acceptors (Lipinski definition) is 4. The minimum atomic E-state index is -0.110. The van der Waals surface area contributed by atoms with Gasteiger partial charge in [-0.2, -0.15) is 5.26 Å². The molecule has 1 heterocycles. The summed E-state index contributed by atoms with van der Waals surface area (Å²) in [7, 11) is 0. The molecule has 0 fully saturated rings. The number of aliphatic imine (C=N–C) groups is 1. The molecule has 74 heavy (non-hydrogen) atoms. The number of rotatable bonds is 7. The fourth-order valence-electron chi connectivity index (χ4n) is 15.5. The molecule has 4 nitrogen and oxygen atoms in total. The minimum absolute atomic E-state index is 0.0504. The Balaban J connectivity index is 0.914. The van der Waals surface area contributed by atoms with Crippen LogP contribution >= 0.6 is 0 Å². The van der Waals surface area contributed by atoms with Crippen molar-refractivity contribution in [2.75, 3.05) is 6.54 Å². The third kappa shape index (κ3) is 7.83. The number of aryl methyl sites for hydroxylation is 1. The van der Waals surface area contributed by atoms with E-state index in [9.17, 15) is 5.26 Å². The third-order valence-electron chi connectivity index (χ3n) is 19.2. The highest BCUT2D eigenvalue weighted by molar-refractivity contribution is 6.14. The monoisotopic (exact) mass is 965 g/mol. The maximum Gasteiger partial charge on any atom is 0.132 e. The molecule has 0 radical (unpaired) electrons. The molecular weight excluding hydrogens is 897 g/mol. The van der Waals surface area contributed by atoms with Crippen LogP contribution in [0.25, 0.3) is 33.2 Å². The molecule has 0 spiro atoms. The lowest BCUT2D eigenvalue weighted by Gasteiger charge is -2.44. The smallest absolute Gasteiger partial charge is 0.132 e. The summed E-state index contributed by atoms with van der Waals surface area (Å²) in [5, 5.41) is 19.9. The lowest BCUT2D eigenvalue weighted by Crippen LogP contribution is -2.44. The first kappa shape index (κ1) is 45.8. The van der Waals surface area contributed by atoms with Gasteiger partial charge in [0.15, 0.2) is 0 Å². The van der Waals surface area contributed by atoms with Gasteiger partial charge in [-0.1, -0.05) is 157 Å². The standard InChI is InChI=1S/C70H68N4/c71-41-49-13-1-3-15-52(49)43-25-29-45(30-26-43)68-67-40-51(47-33-35-62-58-21-7-5-17-54(58)56-19-9-11-23-60(56)65(62)37-47)39-64(48-34-36-63-59-22-8-6-18-55(59)57-20-10-12-24-61(57)66(63)38-48)69(67)74-70(73-68)46-31-27-44(28-32-46)53-16-4-2-14-50(53)42-72/h1,3-6,8,12-13,15-18,22-25,27,29-32,34,36-38,43-44,49,51-52,56,67-68H,2,7,9-11,14,19-21,26,28,33,35,39-40,42,72H2,(H,73,74). The summed E-state index contributed by atoms with van der Waals surface area (Å²) in [4.78, 5) is 5.91. The van der Waals surface area contributed by atoms with Crippen molar-refractivity contribution in [1.29, 1.82) is 5.26 Å². The number of nitrogens with one attached hydrogen (secondary N) is 1. The van der Waals surface area contributed by atoms with E-state index in [1.54, 1.807) is 33.4 Å². The Labute approximate surface area is 438 Å². The lowest BCUT2D eigenvalue weighted by molar-refractivity contribution is 0.370. The molecule has 10 aliphatic carbocycles. The molecule has 0 saturated carbocycles. The summed E-state index contributed by atoms with van der Waals surface area (Å²) in [5.74, 6) is 2.74. The maximum atomic E-state index is 10.2. The van der Waals surface area contributed by atoms with Crippen molar-refractivity contribution in [3.8, 4) is 6.07 Å². The van der Waals surface area contributed by atoms with Crippen LogP contribution in [-0.2, 0) is 6.42 Å². The van der Waals surface area contributed by atoms with Crippen LogP contribution in [0.5, 0.6) is 0 Å². The fraction of sp³-hybridized carbons (Fsp3) is 0.343. The van der Waals surface area contributed by atoms with Crippen molar-refractivity contribution in [1.82, 2.24) is 5.32 Å². The van der Waals surface area contributed by atoms with E-state index in [-0.39, 0.29) is 29.7 Å². The van der Waals surface area contributed by atoms with E-state index in [0.717, 1.165) is 76.5 Å². The molecule has 8 unspecified atom stereocenters. The highest BCUT2D eigenvalue weighted by Gasteiger charge is 2.43. The van der Waals surface area contributed by atoms with Gasteiger partial charge in [-0.25, -0.2) is 0 Å². The van der Waals surface area contributed by atoms with Gasteiger partial charge in [-0.3, -0.25) is 4.99 Å². The number of fused-ring (bicyclic) bond motifs is 11. The van der Waals surface area contributed by atoms with Crippen LogP contribution in [0.3, 0.4) is 0 Å². The summed E-state index contributed by atoms with van der Waals surface area (Å²) in [6.45, 7) is 0.624. The second kappa shape index (κ2) is 19.2. The largest absolute Gasteiger partial charge is 0.343 e. The number of hydrogen-bond donors (Lipinski definition) is 2. The van der Waals surface area contributed by atoms with Gasteiger partial charge in [0.05, 0.1) is 18.0 Å². The van der Waals surface area contributed by atoms with Gasteiger partial charge < -0.3 is 11.1 Å². The molecule has 0 saturated heterocycles. The van der Waals surface area contributed by atoms with Crippen LogP contribution in [0.2, 0.25) is 0 Å². The Kier molecular flexibility index (Phi) is 11.9. The maximum absolute atomic E-state index is 10.2. The van der Waals surface area contributed by atoms with Crippen molar-refractivity contribution in [3.63, 3.8) is 0 Å². The van der Waals surface area contributed by atoms with E-state index in [1.807, 2.05) is 6.08 Å². The minimum Gasteiger partial charge on any atom is -0.343 e. The van der Waals surface area contributed by atoms with Gasteiger partial charge in [0.2, 0.25) is 0 Å². The summed E-state index contributed by atoms with van der Waals surface area (Å²) < 4.78 is 0. The summed E-state index contributed by atoms with van der Waals surface area (Å²) in [6, 6.07) is 19.1. The van der Waals surface area contributed by atoms with Crippen LogP contribution in [0.15, 0.2) is 212 Å². The predicted octanol–water partition coefficient (Wildman–Crippen LogP) is 16.0. The van der Waals surface area contributed by atoms with Gasteiger partial charge in [0, 0.05) is 41.5 Å². The Bertz CT molecular complexity index is 3490. The van der Waals surface area contributed by atoms with Crippen molar-refractivity contribution in [3.05, 3.63) is 224 Å². The van der Waals surface area contributed by atoms with Crippen molar-refractivity contribution < 1.29 is 0 Å². The third-order valence-corrected chi connectivity index (χ3v) is 19.2. The van der Waals surface area contributed by atoms with Gasteiger partial charge in [-0.15, -0.1) is 0 Å². The molecule has 1 aliphatic heterocycles. The van der Waals surface area contributed by atoms with Crippen molar-refractivity contribution >= 4 is 39.0 Å². The number of nitriles is 1. The molecule has 11 aliphatic rings. The first-order chi connectivity index (χ1) is 36.6. The molecule has 4 heteroatoms. The Morgan fingerprint density at radius 2 is 1.58 bits per heavy atom. The Morgan fingerprint density at radius 3 is 2.45 bits per heavy atom. The predicted molar refractivity (Wildman–Crippen MR) is 307 cm³/mol. The Morgan fingerprint density at radius 1 is 0.730 bits per heavy atom. The molecule has 3 aromatic carbocycles. The molecule has 0 bridgehead atoms. The van der Waals surface area contributed by atoms with Crippen LogP contribution < -0.4 is 11.1 Å². The van der Waals surface area contributed by atoms with Crippen LogP contribution in [0.1, 0.15) is 107 Å². The average Bonchev–Trinajstić information content (AvgIpc) is 3.48. The summed E-state index contributed by atoms with van der Waals surface area (Å²) in [5.41, 5.74) is 28.4. The van der Waals surface area contributed by atoms with Gasteiger partial charge >= 0.3 is 0 Å². The first-order valence-electron chi connectivity index (χ1n) is 28.5. The highest BCUT2D eigenvalue weighted by Crippen LogP contribution is 2.54. The second-order valence-corrected chi connectivity index (χ2v) is 23.0. The quantitative estimate of drug-likeness (QED) is 0.232. The average molecular weight is 965 g/mol. The Hall–Kier alpha value is -6.80. The van der Waals surface area contributed by atoms with E-state index in [1.165, 1.54) is 97.5 Å². The van der Waals surface area contributed by atoms with E-state index in [2.05, 4.69) is 157 Å². The molecule has 3 N–H and O–H groups in total. The number of allylic oxidation sites excluding steroid dienone is 23. The van der Waals surface area contributed by atoms with Gasteiger partial charge in [-0.05, 0) is 197 Å². The summed E-state index contributed by atoms with van der Waals surface area (Å²) >= 11 is 0. The molecule has 0 amide bonds. The fourth-order valence-corrected chi connectivity index (χ4v) is 15.5. The van der Waals surface area contributed by atoms with E-state index in [4.69, 9.17) is 10.7 Å². The molecule has 0 aromatic heterocycles. The lowest BCUT2D eigenvalue weighted by atomic mass is 9.64. The van der Waals surface area contributed by atoms with Gasteiger partial charge in [0.1, 0.15) is 5.84 Å². The molecule has 14 rings (SSSR count). The zero-order valence-corrected chi connectivity index (χ0v) is 42.8. The molecule has 8 atom stereocenters. The number of nitrogens with two attached hydrogens (primary N) is 1. The first-order valence-corrected chi connectivity index (χ1v) is 28.5. The van der Waals surface area contributed by atoms with Gasteiger partial charge in [0.25, 0.3) is 0 Å². The number of benzene rings is 3. The van der Waals surface area contributed by atoms with Crippen molar-refractivity contribution in [2.24, 2.45) is 52.2 Å². The normalized spacial score (nSPS) is 29.9. The van der Waals surface area contributed by atoms with E-state index >= 15 is 0 Å². The molecular formula is C70H68N4. The number of nitrogens with zero attached hydrogens (tertiary/aromatic N) is 2. The highest BCUT2D eigenvalue weighted by atomic mass is 15.1. The zero-order valence-electron chi connectivity index (χ0n) is 42.8. The van der Waals surface area contributed by atoms with Crippen LogP contribution in [-0.4, -0.2) is 18.4 Å². The SMILES string of the molecule is N#CC1C=CC=CC1C1C=CC(C2N=C(C3=CCC(C4=C(CN)CCC=C4)C=C3)NC3=C(c4ccc5c(c4)c4c(c6ccccc65)CCC=C4)CC(C4=CC5=C(CC4)C4=C(C=CCC4)C4CCCC=C54)CC32)=CC1. The molecule has 3 aromatic rings. The van der Waals surface area contributed by atoms with Crippen LogP contribution in [0.4, 0.5) is 0 Å². The zero-order chi connectivity index (χ0) is 49.3. The number of amidine groups is 1. The summed E-state index contributed by atoms with van der Waals surface area (Å²) in [6.07, 6.45) is 59.3. The molecule has 368 valence electrons.